The van der Waals surface area contributed by atoms with Gasteiger partial charge in [0, 0.05) is 18.3 Å². The Kier molecular flexibility index (Phi) is 3.27. The zero-order chi connectivity index (χ0) is 15.5. The molecule has 0 amide bonds. The molecule has 0 spiro atoms. The highest BCUT2D eigenvalue weighted by molar-refractivity contribution is 5.83. The summed E-state index contributed by atoms with van der Waals surface area (Å²) in [5.41, 5.74) is 0.676. The highest BCUT2D eigenvalue weighted by Crippen LogP contribution is 2.66. The third-order valence-electron chi connectivity index (χ3n) is 8.59. The largest absolute Gasteiger partial charge is 0.299 e. The standard InChI is InChI=1S/C21H30O/c1-4-14-8-9-16-19-17(10-12-21(14,16)3)20(2)11-6-5-7-15(20)13-18(19)22/h1,14-17,19H,5-13H2,2-3H3/t14-,15-,16+,17+,19+,20+,21-/m1/s1. The van der Waals surface area contributed by atoms with Crippen LogP contribution in [0.3, 0.4) is 0 Å². The van der Waals surface area contributed by atoms with Crippen molar-refractivity contribution >= 4 is 5.78 Å². The molecule has 1 nitrogen and oxygen atoms in total. The summed E-state index contributed by atoms with van der Waals surface area (Å²) in [5.74, 6) is 6.29. The van der Waals surface area contributed by atoms with Crippen LogP contribution in [0, 0.1) is 52.8 Å². The van der Waals surface area contributed by atoms with Crippen LogP contribution in [-0.4, -0.2) is 5.78 Å². The lowest BCUT2D eigenvalue weighted by molar-refractivity contribution is -0.154. The highest BCUT2D eigenvalue weighted by atomic mass is 16.1. The van der Waals surface area contributed by atoms with Crippen molar-refractivity contribution in [1.29, 1.82) is 0 Å². The SMILES string of the molecule is C#C[C@@H]1CC[C@H]2[C@@H]3C(=O)C[C@H]4CCCC[C@]4(C)[C@H]3CC[C@]12C. The molecule has 4 aliphatic rings. The lowest BCUT2D eigenvalue weighted by Crippen LogP contribution is -2.56. The number of ketones is 1. The number of carbonyl (C=O) groups excluding carboxylic acids is 1. The first kappa shape index (κ1) is 14.8. The fourth-order valence-electron chi connectivity index (χ4n) is 7.24. The average molecular weight is 298 g/mol. The molecule has 4 aliphatic carbocycles. The summed E-state index contributed by atoms with van der Waals surface area (Å²) in [6.07, 6.45) is 16.9. The van der Waals surface area contributed by atoms with Crippen molar-refractivity contribution in [2.45, 2.75) is 71.6 Å². The van der Waals surface area contributed by atoms with E-state index in [1.165, 1.54) is 44.9 Å². The molecule has 4 rings (SSSR count). The van der Waals surface area contributed by atoms with Crippen LogP contribution in [0.2, 0.25) is 0 Å². The van der Waals surface area contributed by atoms with Crippen molar-refractivity contribution in [3.05, 3.63) is 0 Å². The molecule has 0 N–H and O–H groups in total. The van der Waals surface area contributed by atoms with Gasteiger partial charge in [-0.1, -0.05) is 26.7 Å². The van der Waals surface area contributed by atoms with Gasteiger partial charge in [-0.3, -0.25) is 4.79 Å². The van der Waals surface area contributed by atoms with Gasteiger partial charge in [0.2, 0.25) is 0 Å². The number of terminal acetylenes is 1. The molecule has 120 valence electrons. The molecule has 7 atom stereocenters. The lowest BCUT2D eigenvalue weighted by Gasteiger charge is -2.59. The van der Waals surface area contributed by atoms with Crippen molar-refractivity contribution in [2.75, 3.05) is 0 Å². The number of Topliss-reactive ketones (excluding diaryl/α,β-unsaturated/α-hetero) is 1. The Morgan fingerprint density at radius 2 is 1.77 bits per heavy atom. The molecule has 0 aromatic heterocycles. The number of hydrogen-bond donors (Lipinski definition) is 0. The zero-order valence-corrected chi connectivity index (χ0v) is 14.2. The first-order chi connectivity index (χ1) is 10.5. The van der Waals surface area contributed by atoms with E-state index in [-0.39, 0.29) is 5.41 Å². The van der Waals surface area contributed by atoms with E-state index >= 15 is 0 Å². The molecule has 1 heteroatoms. The zero-order valence-electron chi connectivity index (χ0n) is 14.2. The number of carbonyl (C=O) groups is 1. The molecule has 4 fully saturated rings. The first-order valence-corrected chi connectivity index (χ1v) is 9.49. The van der Waals surface area contributed by atoms with Crippen molar-refractivity contribution in [3.8, 4) is 12.3 Å². The summed E-state index contributed by atoms with van der Waals surface area (Å²) in [5, 5.41) is 0. The molecule has 0 bridgehead atoms. The third kappa shape index (κ3) is 1.76. The second-order valence-electron chi connectivity index (χ2n) is 9.20. The predicted molar refractivity (Wildman–Crippen MR) is 89.1 cm³/mol. The Balaban J connectivity index is 1.71. The van der Waals surface area contributed by atoms with E-state index in [2.05, 4.69) is 19.8 Å². The molecule has 0 heterocycles. The van der Waals surface area contributed by atoms with Gasteiger partial charge in [0.25, 0.3) is 0 Å². The maximum absolute atomic E-state index is 13.1. The van der Waals surface area contributed by atoms with Crippen LogP contribution in [0.25, 0.3) is 0 Å². The summed E-state index contributed by atoms with van der Waals surface area (Å²) < 4.78 is 0. The molecule has 0 radical (unpaired) electrons. The van der Waals surface area contributed by atoms with Crippen molar-refractivity contribution in [1.82, 2.24) is 0 Å². The van der Waals surface area contributed by atoms with Crippen molar-refractivity contribution in [2.24, 2.45) is 40.4 Å². The summed E-state index contributed by atoms with van der Waals surface area (Å²) in [7, 11) is 0. The number of hydrogen-bond acceptors (Lipinski definition) is 1. The maximum atomic E-state index is 13.1. The van der Waals surface area contributed by atoms with E-state index in [0.717, 1.165) is 12.8 Å². The lowest BCUT2D eigenvalue weighted by atomic mass is 9.44. The van der Waals surface area contributed by atoms with Gasteiger partial charge in [0.05, 0.1) is 0 Å². The van der Waals surface area contributed by atoms with Gasteiger partial charge < -0.3 is 0 Å². The predicted octanol–water partition coefficient (Wildman–Crippen LogP) is 4.85. The Hall–Kier alpha value is -0.770. The number of rotatable bonds is 0. The molecule has 0 aliphatic heterocycles. The van der Waals surface area contributed by atoms with E-state index in [1.807, 2.05) is 0 Å². The maximum Gasteiger partial charge on any atom is 0.136 e. The minimum absolute atomic E-state index is 0.240. The van der Waals surface area contributed by atoms with Crippen LogP contribution in [0.1, 0.15) is 71.6 Å². The second kappa shape index (κ2) is 4.86. The van der Waals surface area contributed by atoms with Crippen LogP contribution in [0.5, 0.6) is 0 Å². The van der Waals surface area contributed by atoms with Crippen molar-refractivity contribution < 1.29 is 4.79 Å². The molecule has 22 heavy (non-hydrogen) atoms. The monoisotopic (exact) mass is 298 g/mol. The van der Waals surface area contributed by atoms with E-state index in [9.17, 15) is 4.79 Å². The van der Waals surface area contributed by atoms with E-state index in [4.69, 9.17) is 6.42 Å². The molecule has 0 aromatic rings. The normalized spacial score (nSPS) is 54.0. The molecule has 0 unspecified atom stereocenters. The minimum Gasteiger partial charge on any atom is -0.299 e. The van der Waals surface area contributed by atoms with Gasteiger partial charge in [0.15, 0.2) is 0 Å². The van der Waals surface area contributed by atoms with Gasteiger partial charge in [-0.05, 0) is 67.1 Å². The Labute approximate surface area is 135 Å². The second-order valence-corrected chi connectivity index (χ2v) is 9.20. The van der Waals surface area contributed by atoms with Crippen LogP contribution >= 0.6 is 0 Å². The van der Waals surface area contributed by atoms with Crippen LogP contribution < -0.4 is 0 Å². The Morgan fingerprint density at radius 3 is 2.55 bits per heavy atom. The van der Waals surface area contributed by atoms with E-state index in [1.54, 1.807) is 0 Å². The molecular formula is C21H30O. The molecule has 0 saturated heterocycles. The Bertz CT molecular complexity index is 529. The van der Waals surface area contributed by atoms with Gasteiger partial charge in [0.1, 0.15) is 5.78 Å². The summed E-state index contributed by atoms with van der Waals surface area (Å²) in [6.45, 7) is 4.92. The van der Waals surface area contributed by atoms with Crippen LogP contribution in [-0.2, 0) is 4.79 Å². The molecule has 4 saturated carbocycles. The van der Waals surface area contributed by atoms with Crippen LogP contribution in [0.4, 0.5) is 0 Å². The Morgan fingerprint density at radius 1 is 1.00 bits per heavy atom. The fourth-order valence-corrected chi connectivity index (χ4v) is 7.24. The summed E-state index contributed by atoms with van der Waals surface area (Å²) in [4.78, 5) is 13.1. The van der Waals surface area contributed by atoms with Gasteiger partial charge >= 0.3 is 0 Å². The third-order valence-corrected chi connectivity index (χ3v) is 8.59. The summed E-state index contributed by atoms with van der Waals surface area (Å²) >= 11 is 0. The quantitative estimate of drug-likeness (QED) is 0.584. The van der Waals surface area contributed by atoms with Crippen LogP contribution in [0.15, 0.2) is 0 Å². The van der Waals surface area contributed by atoms with Gasteiger partial charge in [-0.25, -0.2) is 0 Å². The summed E-state index contributed by atoms with van der Waals surface area (Å²) in [6, 6.07) is 0. The van der Waals surface area contributed by atoms with E-state index < -0.39 is 0 Å². The van der Waals surface area contributed by atoms with Crippen molar-refractivity contribution in [3.63, 3.8) is 0 Å². The topological polar surface area (TPSA) is 17.1 Å². The molecule has 0 aromatic carbocycles. The smallest absolute Gasteiger partial charge is 0.136 e. The van der Waals surface area contributed by atoms with Gasteiger partial charge in [-0.2, -0.15) is 0 Å². The average Bonchev–Trinajstić information content (AvgIpc) is 2.84. The molecular weight excluding hydrogens is 268 g/mol. The minimum atomic E-state index is 0.240. The fraction of sp³-hybridized carbons (Fsp3) is 0.857. The number of fused-ring (bicyclic) bond motifs is 5. The van der Waals surface area contributed by atoms with E-state index in [0.29, 0.717) is 40.8 Å². The highest BCUT2D eigenvalue weighted by Gasteiger charge is 2.61. The first-order valence-electron chi connectivity index (χ1n) is 9.49. The van der Waals surface area contributed by atoms with Gasteiger partial charge in [-0.15, -0.1) is 12.3 Å².